The number of aromatic nitrogens is 1. The van der Waals surface area contributed by atoms with E-state index in [4.69, 9.17) is 0 Å². The molecule has 0 fully saturated rings. The maximum atomic E-state index is 12.0. The highest BCUT2D eigenvalue weighted by Crippen LogP contribution is 2.22. The molecular weight excluding hydrogens is 304 g/mol. The van der Waals surface area contributed by atoms with Crippen molar-refractivity contribution in [1.29, 1.82) is 0 Å². The third-order valence-corrected chi connectivity index (χ3v) is 3.41. The molecule has 0 saturated carbocycles. The van der Waals surface area contributed by atoms with Crippen molar-refractivity contribution in [2.75, 3.05) is 17.2 Å². The highest BCUT2D eigenvalue weighted by molar-refractivity contribution is 6.03. The van der Waals surface area contributed by atoms with Crippen LogP contribution in [0.1, 0.15) is 0 Å². The van der Waals surface area contributed by atoms with E-state index in [-0.39, 0.29) is 12.5 Å². The van der Waals surface area contributed by atoms with Crippen molar-refractivity contribution in [3.63, 3.8) is 0 Å². The Balaban J connectivity index is 1.56. The number of nitrogens with zero attached hydrogens (tertiary/aromatic N) is 1. The van der Waals surface area contributed by atoms with Gasteiger partial charge in [0.05, 0.1) is 6.54 Å². The van der Waals surface area contributed by atoms with Crippen LogP contribution < -0.4 is 16.0 Å². The lowest BCUT2D eigenvalue weighted by molar-refractivity contribution is -0.115. The molecule has 0 unspecified atom stereocenters. The fourth-order valence-electron chi connectivity index (χ4n) is 2.30. The van der Waals surface area contributed by atoms with Crippen LogP contribution in [-0.2, 0) is 4.79 Å². The number of pyridine rings is 1. The lowest BCUT2D eigenvalue weighted by Crippen LogP contribution is -2.35. The summed E-state index contributed by atoms with van der Waals surface area (Å²) in [4.78, 5) is 27.7. The van der Waals surface area contributed by atoms with E-state index >= 15 is 0 Å². The number of urea groups is 1. The second-order valence-corrected chi connectivity index (χ2v) is 5.12. The largest absolute Gasteiger partial charge is 0.329 e. The number of fused-ring (bicyclic) bond motifs is 1. The first-order valence-electron chi connectivity index (χ1n) is 7.45. The molecule has 24 heavy (non-hydrogen) atoms. The van der Waals surface area contributed by atoms with Gasteiger partial charge in [-0.1, -0.05) is 36.4 Å². The minimum absolute atomic E-state index is 0.125. The van der Waals surface area contributed by atoms with Gasteiger partial charge in [0.2, 0.25) is 5.91 Å². The SMILES string of the molecule is O=C(CNC(=O)Nc1ccncc1)Nc1cccc2ccccc12. The number of carbonyl (C=O) groups is 2. The molecule has 1 heterocycles. The van der Waals surface area contributed by atoms with Gasteiger partial charge in [0.15, 0.2) is 0 Å². The van der Waals surface area contributed by atoms with Crippen molar-refractivity contribution in [3.05, 3.63) is 67.0 Å². The molecular formula is C18H16N4O2. The number of nitrogens with one attached hydrogen (secondary N) is 3. The third kappa shape index (κ3) is 3.86. The number of amides is 3. The van der Waals surface area contributed by atoms with Crippen molar-refractivity contribution in [3.8, 4) is 0 Å². The highest BCUT2D eigenvalue weighted by atomic mass is 16.2. The molecule has 0 aliphatic carbocycles. The van der Waals surface area contributed by atoms with Crippen LogP contribution in [0.25, 0.3) is 10.8 Å². The molecule has 2 aromatic carbocycles. The maximum Gasteiger partial charge on any atom is 0.319 e. The zero-order valence-corrected chi connectivity index (χ0v) is 12.8. The van der Waals surface area contributed by atoms with E-state index in [1.807, 2.05) is 42.5 Å². The summed E-state index contributed by atoms with van der Waals surface area (Å²) in [6.07, 6.45) is 3.14. The summed E-state index contributed by atoms with van der Waals surface area (Å²) in [5, 5.41) is 9.94. The fourth-order valence-corrected chi connectivity index (χ4v) is 2.30. The number of hydrogen-bond acceptors (Lipinski definition) is 3. The van der Waals surface area contributed by atoms with Crippen LogP contribution >= 0.6 is 0 Å². The molecule has 0 atom stereocenters. The Morgan fingerprint density at radius 2 is 1.62 bits per heavy atom. The molecule has 0 aliphatic heterocycles. The minimum Gasteiger partial charge on any atom is -0.329 e. The first kappa shape index (κ1) is 15.5. The van der Waals surface area contributed by atoms with E-state index in [1.54, 1.807) is 24.5 Å². The number of hydrogen-bond donors (Lipinski definition) is 3. The predicted octanol–water partition coefficient (Wildman–Crippen LogP) is 3.00. The molecule has 0 bridgehead atoms. The molecule has 6 heteroatoms. The van der Waals surface area contributed by atoms with Gasteiger partial charge in [-0.15, -0.1) is 0 Å². The van der Waals surface area contributed by atoms with Gasteiger partial charge in [-0.25, -0.2) is 4.79 Å². The summed E-state index contributed by atoms with van der Waals surface area (Å²) in [6, 6.07) is 16.3. The molecule has 0 saturated heterocycles. The average molecular weight is 320 g/mol. The van der Waals surface area contributed by atoms with Gasteiger partial charge in [-0.3, -0.25) is 9.78 Å². The Morgan fingerprint density at radius 1 is 0.875 bits per heavy atom. The van der Waals surface area contributed by atoms with Crippen LogP contribution in [0.3, 0.4) is 0 Å². The highest BCUT2D eigenvalue weighted by Gasteiger charge is 2.08. The van der Waals surface area contributed by atoms with Crippen molar-refractivity contribution >= 4 is 34.1 Å². The topological polar surface area (TPSA) is 83.1 Å². The smallest absolute Gasteiger partial charge is 0.319 e. The quantitative estimate of drug-likeness (QED) is 0.691. The zero-order valence-electron chi connectivity index (χ0n) is 12.8. The van der Waals surface area contributed by atoms with Gasteiger partial charge in [0.25, 0.3) is 0 Å². The molecule has 120 valence electrons. The Kier molecular flexibility index (Phi) is 4.67. The second-order valence-electron chi connectivity index (χ2n) is 5.12. The van der Waals surface area contributed by atoms with Gasteiger partial charge in [-0.05, 0) is 23.6 Å². The number of rotatable bonds is 4. The van der Waals surface area contributed by atoms with Gasteiger partial charge in [0, 0.05) is 29.2 Å². The lowest BCUT2D eigenvalue weighted by atomic mass is 10.1. The molecule has 0 aliphatic rings. The summed E-state index contributed by atoms with van der Waals surface area (Å²) in [7, 11) is 0. The zero-order chi connectivity index (χ0) is 16.8. The van der Waals surface area contributed by atoms with Crippen LogP contribution in [0, 0.1) is 0 Å². The Morgan fingerprint density at radius 3 is 2.46 bits per heavy atom. The molecule has 0 radical (unpaired) electrons. The fraction of sp³-hybridized carbons (Fsp3) is 0.0556. The molecule has 3 aromatic rings. The van der Waals surface area contributed by atoms with E-state index in [0.717, 1.165) is 16.5 Å². The van der Waals surface area contributed by atoms with Crippen molar-refractivity contribution in [1.82, 2.24) is 10.3 Å². The van der Waals surface area contributed by atoms with Crippen LogP contribution in [0.5, 0.6) is 0 Å². The number of carbonyl (C=O) groups excluding carboxylic acids is 2. The molecule has 0 spiro atoms. The van der Waals surface area contributed by atoms with E-state index in [9.17, 15) is 9.59 Å². The lowest BCUT2D eigenvalue weighted by Gasteiger charge is -2.10. The normalized spacial score (nSPS) is 10.2. The van der Waals surface area contributed by atoms with Crippen molar-refractivity contribution < 1.29 is 9.59 Å². The third-order valence-electron chi connectivity index (χ3n) is 3.41. The average Bonchev–Trinajstić information content (AvgIpc) is 2.61. The molecule has 6 nitrogen and oxygen atoms in total. The second kappa shape index (κ2) is 7.23. The van der Waals surface area contributed by atoms with E-state index in [2.05, 4.69) is 20.9 Å². The molecule has 3 amide bonds. The Labute approximate surface area is 138 Å². The van der Waals surface area contributed by atoms with Crippen LogP contribution in [0.15, 0.2) is 67.0 Å². The van der Waals surface area contributed by atoms with Crippen molar-refractivity contribution in [2.45, 2.75) is 0 Å². The van der Waals surface area contributed by atoms with Gasteiger partial charge in [0.1, 0.15) is 0 Å². The first-order chi connectivity index (χ1) is 11.7. The maximum absolute atomic E-state index is 12.0. The molecule has 1 aromatic heterocycles. The van der Waals surface area contributed by atoms with Gasteiger partial charge >= 0.3 is 6.03 Å². The summed E-state index contributed by atoms with van der Waals surface area (Å²) in [5.74, 6) is -0.295. The molecule has 3 N–H and O–H groups in total. The van der Waals surface area contributed by atoms with E-state index < -0.39 is 6.03 Å². The Bertz CT molecular complexity index is 860. The summed E-state index contributed by atoms with van der Waals surface area (Å²) < 4.78 is 0. The predicted molar refractivity (Wildman–Crippen MR) is 93.8 cm³/mol. The monoisotopic (exact) mass is 320 g/mol. The summed E-state index contributed by atoms with van der Waals surface area (Å²) >= 11 is 0. The van der Waals surface area contributed by atoms with E-state index in [0.29, 0.717) is 5.69 Å². The van der Waals surface area contributed by atoms with Gasteiger partial charge < -0.3 is 16.0 Å². The standard InChI is InChI=1S/C18H16N4O2/c23-17(12-20-18(24)21-14-8-10-19-11-9-14)22-16-7-3-5-13-4-1-2-6-15(13)16/h1-11H,12H2,(H,22,23)(H2,19,20,21,24). The van der Waals surface area contributed by atoms with Crippen molar-refractivity contribution in [2.24, 2.45) is 0 Å². The first-order valence-corrected chi connectivity index (χ1v) is 7.45. The number of benzene rings is 2. The number of anilines is 2. The van der Waals surface area contributed by atoms with Crippen LogP contribution in [0.2, 0.25) is 0 Å². The van der Waals surface area contributed by atoms with Gasteiger partial charge in [-0.2, -0.15) is 0 Å². The van der Waals surface area contributed by atoms with Crippen LogP contribution in [0.4, 0.5) is 16.2 Å². The van der Waals surface area contributed by atoms with E-state index in [1.165, 1.54) is 0 Å². The molecule has 3 rings (SSSR count). The summed E-state index contributed by atoms with van der Waals surface area (Å²) in [5.41, 5.74) is 1.33. The minimum atomic E-state index is -0.450. The Hall–Kier alpha value is -3.41. The summed E-state index contributed by atoms with van der Waals surface area (Å²) in [6.45, 7) is -0.125. The van der Waals surface area contributed by atoms with Crippen LogP contribution in [-0.4, -0.2) is 23.5 Å².